The van der Waals surface area contributed by atoms with Crippen molar-refractivity contribution in [1.82, 2.24) is 24.4 Å². The molecule has 0 unspecified atom stereocenters. The molecule has 122 valence electrons. The Morgan fingerprint density at radius 2 is 2.00 bits per heavy atom. The number of aromatic nitrogens is 3. The first-order chi connectivity index (χ1) is 11.1. The van der Waals surface area contributed by atoms with Crippen molar-refractivity contribution in [2.75, 3.05) is 20.1 Å². The van der Waals surface area contributed by atoms with Crippen LogP contribution in [0.3, 0.4) is 0 Å². The summed E-state index contributed by atoms with van der Waals surface area (Å²) >= 11 is 0. The zero-order chi connectivity index (χ0) is 16.0. The third-order valence-corrected chi connectivity index (χ3v) is 5.32. The van der Waals surface area contributed by atoms with Gasteiger partial charge in [0.05, 0.1) is 6.20 Å². The molecule has 0 saturated carbocycles. The van der Waals surface area contributed by atoms with Gasteiger partial charge < -0.3 is 9.80 Å². The van der Waals surface area contributed by atoms with Gasteiger partial charge in [-0.3, -0.25) is 4.79 Å². The van der Waals surface area contributed by atoms with Crippen LogP contribution in [0, 0.1) is 6.92 Å². The molecular formula is C17H23N5O. The second kappa shape index (κ2) is 5.60. The van der Waals surface area contributed by atoms with Crippen LogP contribution in [0.25, 0.3) is 5.65 Å². The Labute approximate surface area is 136 Å². The molecule has 23 heavy (non-hydrogen) atoms. The van der Waals surface area contributed by atoms with Gasteiger partial charge in [0, 0.05) is 30.5 Å². The predicted molar refractivity (Wildman–Crippen MR) is 87.4 cm³/mol. The van der Waals surface area contributed by atoms with E-state index in [1.807, 2.05) is 19.2 Å². The molecule has 0 spiro atoms. The van der Waals surface area contributed by atoms with E-state index < -0.39 is 0 Å². The summed E-state index contributed by atoms with van der Waals surface area (Å²) in [7, 11) is 2.18. The Morgan fingerprint density at radius 3 is 2.78 bits per heavy atom. The van der Waals surface area contributed by atoms with Crippen molar-refractivity contribution < 1.29 is 4.79 Å². The molecule has 2 aliphatic heterocycles. The van der Waals surface area contributed by atoms with Gasteiger partial charge in [-0.05, 0) is 52.3 Å². The third-order valence-electron chi connectivity index (χ3n) is 5.32. The lowest BCUT2D eigenvalue weighted by molar-refractivity contribution is 0.0666. The van der Waals surface area contributed by atoms with E-state index in [1.165, 1.54) is 12.8 Å². The molecule has 0 radical (unpaired) electrons. The zero-order valence-electron chi connectivity index (χ0n) is 13.8. The van der Waals surface area contributed by atoms with Crippen molar-refractivity contribution in [3.8, 4) is 0 Å². The Morgan fingerprint density at radius 1 is 1.22 bits per heavy atom. The summed E-state index contributed by atoms with van der Waals surface area (Å²) in [5, 5.41) is 4.29. The average molecular weight is 313 g/mol. The van der Waals surface area contributed by atoms with E-state index in [0.29, 0.717) is 23.3 Å². The number of likely N-dealkylation sites (N-methyl/N-ethyl adjacent to an activating group) is 1. The second-order valence-corrected chi connectivity index (χ2v) is 6.79. The standard InChI is InChI=1S/C17H23N5O/c1-12-7-10-22-16(19-12)13(11-18-22)17(23)21-9-4-6-15(21)14-5-3-8-20(14)2/h7,10-11,14-15H,3-6,8-9H2,1-2H3/t14-,15-/m0/s1. The van der Waals surface area contributed by atoms with E-state index in [2.05, 4.69) is 26.9 Å². The molecule has 2 atom stereocenters. The maximum atomic E-state index is 13.1. The van der Waals surface area contributed by atoms with Crippen molar-refractivity contribution in [1.29, 1.82) is 0 Å². The normalized spacial score (nSPS) is 25.6. The number of rotatable bonds is 2. The van der Waals surface area contributed by atoms with Gasteiger partial charge in [-0.2, -0.15) is 5.10 Å². The largest absolute Gasteiger partial charge is 0.334 e. The summed E-state index contributed by atoms with van der Waals surface area (Å²) in [6, 6.07) is 2.73. The van der Waals surface area contributed by atoms with Gasteiger partial charge in [-0.25, -0.2) is 9.50 Å². The highest BCUT2D eigenvalue weighted by molar-refractivity contribution is 6.00. The first kappa shape index (κ1) is 14.6. The first-order valence-corrected chi connectivity index (χ1v) is 8.47. The number of likely N-dealkylation sites (tertiary alicyclic amines) is 2. The molecule has 0 aromatic carbocycles. The van der Waals surface area contributed by atoms with Crippen molar-refractivity contribution in [3.05, 3.63) is 29.7 Å². The summed E-state index contributed by atoms with van der Waals surface area (Å²) in [5.41, 5.74) is 2.20. The molecule has 0 bridgehead atoms. The number of carbonyl (C=O) groups is 1. The fraction of sp³-hybridized carbons (Fsp3) is 0.588. The summed E-state index contributed by atoms with van der Waals surface area (Å²) in [6.07, 6.45) is 8.14. The maximum Gasteiger partial charge on any atom is 0.259 e. The molecule has 4 heterocycles. The van der Waals surface area contributed by atoms with Crippen molar-refractivity contribution in [2.45, 2.75) is 44.7 Å². The Kier molecular flexibility index (Phi) is 3.56. The van der Waals surface area contributed by atoms with Gasteiger partial charge in [0.2, 0.25) is 0 Å². The van der Waals surface area contributed by atoms with Crippen molar-refractivity contribution in [2.24, 2.45) is 0 Å². The van der Waals surface area contributed by atoms with Crippen LogP contribution in [0.15, 0.2) is 18.5 Å². The van der Waals surface area contributed by atoms with Crippen LogP contribution >= 0.6 is 0 Å². The number of fused-ring (bicyclic) bond motifs is 1. The highest BCUT2D eigenvalue weighted by atomic mass is 16.2. The topological polar surface area (TPSA) is 53.7 Å². The molecule has 2 aromatic heterocycles. The smallest absolute Gasteiger partial charge is 0.259 e. The fourth-order valence-corrected chi connectivity index (χ4v) is 4.13. The lowest BCUT2D eigenvalue weighted by Gasteiger charge is -2.33. The number of nitrogens with zero attached hydrogens (tertiary/aromatic N) is 5. The summed E-state index contributed by atoms with van der Waals surface area (Å²) in [6.45, 7) is 3.92. The lowest BCUT2D eigenvalue weighted by Crippen LogP contribution is -2.47. The first-order valence-electron chi connectivity index (χ1n) is 8.47. The minimum absolute atomic E-state index is 0.0842. The highest BCUT2D eigenvalue weighted by Crippen LogP contribution is 2.30. The Bertz CT molecular complexity index is 740. The van der Waals surface area contributed by atoms with E-state index in [4.69, 9.17) is 0 Å². The number of amides is 1. The van der Waals surface area contributed by atoms with E-state index in [-0.39, 0.29) is 5.91 Å². The maximum absolute atomic E-state index is 13.1. The summed E-state index contributed by atoms with van der Waals surface area (Å²) < 4.78 is 1.69. The fourth-order valence-electron chi connectivity index (χ4n) is 4.13. The third kappa shape index (κ3) is 2.41. The molecule has 0 N–H and O–H groups in total. The van der Waals surface area contributed by atoms with Crippen LogP contribution in [0.4, 0.5) is 0 Å². The van der Waals surface area contributed by atoms with Gasteiger partial charge in [-0.1, -0.05) is 0 Å². The molecule has 0 aliphatic carbocycles. The Hall–Kier alpha value is -1.95. The molecule has 2 saturated heterocycles. The number of hydrogen-bond donors (Lipinski definition) is 0. The van der Waals surface area contributed by atoms with E-state index in [1.54, 1.807) is 10.7 Å². The lowest BCUT2D eigenvalue weighted by atomic mass is 10.0. The molecule has 2 aliphatic rings. The average Bonchev–Trinajstić information content (AvgIpc) is 3.24. The minimum Gasteiger partial charge on any atom is -0.334 e. The molecule has 6 nitrogen and oxygen atoms in total. The van der Waals surface area contributed by atoms with E-state index in [0.717, 1.165) is 31.6 Å². The summed E-state index contributed by atoms with van der Waals surface area (Å²) in [5.74, 6) is 0.0842. The molecule has 4 rings (SSSR count). The number of carbonyl (C=O) groups excluding carboxylic acids is 1. The molecule has 2 aromatic rings. The van der Waals surface area contributed by atoms with Gasteiger partial charge in [0.25, 0.3) is 5.91 Å². The second-order valence-electron chi connectivity index (χ2n) is 6.79. The SMILES string of the molecule is Cc1ccn2ncc(C(=O)N3CCC[C@H]3[C@@H]3CCCN3C)c2n1. The van der Waals surface area contributed by atoms with Crippen molar-refractivity contribution in [3.63, 3.8) is 0 Å². The number of aryl methyl sites for hydroxylation is 1. The van der Waals surface area contributed by atoms with E-state index >= 15 is 0 Å². The van der Waals surface area contributed by atoms with Gasteiger partial charge in [-0.15, -0.1) is 0 Å². The van der Waals surface area contributed by atoms with Crippen LogP contribution < -0.4 is 0 Å². The van der Waals surface area contributed by atoms with E-state index in [9.17, 15) is 4.79 Å². The van der Waals surface area contributed by atoms with Crippen LogP contribution in [-0.2, 0) is 0 Å². The van der Waals surface area contributed by atoms with Crippen LogP contribution in [0.2, 0.25) is 0 Å². The van der Waals surface area contributed by atoms with Crippen LogP contribution in [0.1, 0.15) is 41.7 Å². The quantitative estimate of drug-likeness (QED) is 0.847. The molecule has 1 amide bonds. The van der Waals surface area contributed by atoms with Crippen LogP contribution in [-0.4, -0.2) is 62.5 Å². The zero-order valence-corrected chi connectivity index (χ0v) is 13.8. The molecule has 6 heteroatoms. The van der Waals surface area contributed by atoms with Gasteiger partial charge >= 0.3 is 0 Å². The Balaban J connectivity index is 1.65. The number of hydrogen-bond acceptors (Lipinski definition) is 4. The van der Waals surface area contributed by atoms with Gasteiger partial charge in [0.15, 0.2) is 5.65 Å². The van der Waals surface area contributed by atoms with Crippen LogP contribution in [0.5, 0.6) is 0 Å². The monoisotopic (exact) mass is 313 g/mol. The predicted octanol–water partition coefficient (Wildman–Crippen LogP) is 1.74. The summed E-state index contributed by atoms with van der Waals surface area (Å²) in [4.78, 5) is 22.1. The highest BCUT2D eigenvalue weighted by Gasteiger charge is 2.39. The van der Waals surface area contributed by atoms with Crippen molar-refractivity contribution >= 4 is 11.6 Å². The molecular weight excluding hydrogens is 290 g/mol. The van der Waals surface area contributed by atoms with Gasteiger partial charge in [0.1, 0.15) is 5.56 Å². The molecule has 2 fully saturated rings. The minimum atomic E-state index is 0.0842.